The van der Waals surface area contributed by atoms with Crippen molar-refractivity contribution >= 4 is 117 Å². The third kappa shape index (κ3) is 11.6. The van der Waals surface area contributed by atoms with Gasteiger partial charge in [0.05, 0.1) is 39.1 Å². The van der Waals surface area contributed by atoms with Gasteiger partial charge in [0, 0.05) is 103 Å². The van der Waals surface area contributed by atoms with Gasteiger partial charge in [-0.3, -0.25) is 19.9 Å². The molecule has 2 aromatic heterocycles. The van der Waals surface area contributed by atoms with E-state index < -0.39 is 0 Å². The van der Waals surface area contributed by atoms with E-state index in [1.165, 1.54) is 16.2 Å². The molecule has 0 aliphatic carbocycles. The van der Waals surface area contributed by atoms with Gasteiger partial charge in [0.1, 0.15) is 0 Å². The molecule has 0 unspecified atom stereocenters. The van der Waals surface area contributed by atoms with Gasteiger partial charge in [-0.25, -0.2) is 0 Å². The van der Waals surface area contributed by atoms with E-state index in [1.54, 1.807) is 30.9 Å². The summed E-state index contributed by atoms with van der Waals surface area (Å²) in [6.07, 6.45) is 8.74. The van der Waals surface area contributed by atoms with Crippen LogP contribution in [0.1, 0.15) is 13.8 Å². The maximum Gasteiger partial charge on any atom is 0.0965 e. The summed E-state index contributed by atoms with van der Waals surface area (Å²) >= 11 is 0. The monoisotopic (exact) mass is 1230 g/mol. The fourth-order valence-corrected chi connectivity index (χ4v) is 13.2. The van der Waals surface area contributed by atoms with E-state index >= 15 is 0 Å². The standard InChI is InChI=1S/C85H60N8.C3H6/c1-58(2)90(66-42-34-64(35-43-66)77-23-12-25-79-84(77)88-56-54-86-79)67-46-48-71(49-47-67)91(81-27-9-17-61-14-3-6-20-74(61)81)68-38-30-59(31-39-68)60-32-40-69(41-33-60)92(82-28-10-18-62-15-4-7-21-75(62)82)72-50-52-73(53-51-72)93(83-29-11-19-63-16-5-8-22-76(63)83)70-44-36-65(37-45-70)78-24-13-26-80-85(78)89-57-55-87-80;1-3-2/h3-57H,1H2,2H3;3H,1H2,2H3. The van der Waals surface area contributed by atoms with E-state index in [0.717, 1.165) is 140 Å². The minimum Gasteiger partial charge on any atom is -0.315 e. The fourth-order valence-electron chi connectivity index (χ4n) is 13.2. The van der Waals surface area contributed by atoms with Gasteiger partial charge in [-0.2, -0.15) is 0 Å². The zero-order valence-corrected chi connectivity index (χ0v) is 53.3. The van der Waals surface area contributed by atoms with E-state index in [4.69, 9.17) is 4.98 Å². The smallest absolute Gasteiger partial charge is 0.0965 e. The molecule has 14 aromatic carbocycles. The molecule has 0 saturated carbocycles. The summed E-state index contributed by atoms with van der Waals surface area (Å²) < 4.78 is 0. The largest absolute Gasteiger partial charge is 0.315 e. The van der Waals surface area contributed by atoms with Crippen LogP contribution in [0.25, 0.3) is 87.8 Å². The molecule has 0 atom stereocenters. The minimum atomic E-state index is 0.872. The summed E-state index contributed by atoms with van der Waals surface area (Å²) in [6.45, 7) is 11.7. The number of nitrogens with zero attached hydrogens (tertiary/aromatic N) is 8. The number of para-hydroxylation sites is 2. The Labute approximate surface area is 559 Å². The Bertz CT molecular complexity index is 5450. The van der Waals surface area contributed by atoms with Gasteiger partial charge in [-0.05, 0) is 180 Å². The van der Waals surface area contributed by atoms with Crippen molar-refractivity contribution in [2.45, 2.75) is 13.8 Å². The highest BCUT2D eigenvalue weighted by atomic mass is 15.2. The number of aromatic nitrogens is 4. The molecule has 0 saturated heterocycles. The molecule has 2 heterocycles. The van der Waals surface area contributed by atoms with Crippen LogP contribution in [0.2, 0.25) is 0 Å². The van der Waals surface area contributed by atoms with Crippen LogP contribution in [-0.2, 0) is 0 Å². The molecule has 96 heavy (non-hydrogen) atoms. The normalized spacial score (nSPS) is 11.1. The van der Waals surface area contributed by atoms with Crippen LogP contribution < -0.4 is 19.6 Å². The van der Waals surface area contributed by atoms with E-state index in [1.807, 2.05) is 38.1 Å². The third-order valence-corrected chi connectivity index (χ3v) is 17.6. The van der Waals surface area contributed by atoms with E-state index in [2.05, 4.69) is 333 Å². The molecule has 0 aliphatic rings. The maximum absolute atomic E-state index is 4.72. The van der Waals surface area contributed by atoms with Crippen molar-refractivity contribution < 1.29 is 0 Å². The number of allylic oxidation sites excluding steroid dienone is 2. The molecule has 0 spiro atoms. The lowest BCUT2D eigenvalue weighted by Gasteiger charge is -2.30. The Kier molecular flexibility index (Phi) is 16.4. The average Bonchev–Trinajstić information content (AvgIpc) is 0.795. The van der Waals surface area contributed by atoms with Crippen LogP contribution >= 0.6 is 0 Å². The Morgan fingerprint density at radius 3 is 0.885 bits per heavy atom. The number of rotatable bonds is 15. The zero-order valence-electron chi connectivity index (χ0n) is 53.3. The third-order valence-electron chi connectivity index (χ3n) is 17.6. The fraction of sp³-hybridized carbons (Fsp3) is 0.0227. The predicted octanol–water partition coefficient (Wildman–Crippen LogP) is 24.3. The van der Waals surface area contributed by atoms with Crippen molar-refractivity contribution in [3.05, 3.63) is 359 Å². The Morgan fingerprint density at radius 1 is 0.292 bits per heavy atom. The lowest BCUT2D eigenvalue weighted by Crippen LogP contribution is -2.14. The van der Waals surface area contributed by atoms with Crippen LogP contribution in [0.4, 0.5) is 62.6 Å². The summed E-state index contributed by atoms with van der Waals surface area (Å²) in [5, 5.41) is 7.01. The van der Waals surface area contributed by atoms with Crippen molar-refractivity contribution in [3.8, 4) is 33.4 Å². The topological polar surface area (TPSA) is 64.5 Å². The number of benzene rings is 14. The molecular weight excluding hydrogens is 1170 g/mol. The molecule has 0 radical (unpaired) electrons. The van der Waals surface area contributed by atoms with Crippen LogP contribution in [0.15, 0.2) is 359 Å². The van der Waals surface area contributed by atoms with E-state index in [9.17, 15) is 0 Å². The van der Waals surface area contributed by atoms with Gasteiger partial charge in [0.2, 0.25) is 0 Å². The van der Waals surface area contributed by atoms with Gasteiger partial charge in [0.25, 0.3) is 0 Å². The molecule has 8 nitrogen and oxygen atoms in total. The van der Waals surface area contributed by atoms with Gasteiger partial charge >= 0.3 is 0 Å². The first kappa shape index (κ1) is 59.5. The highest BCUT2D eigenvalue weighted by Gasteiger charge is 2.22. The van der Waals surface area contributed by atoms with Gasteiger partial charge in [-0.1, -0.05) is 195 Å². The first-order valence-corrected chi connectivity index (χ1v) is 32.2. The number of anilines is 11. The van der Waals surface area contributed by atoms with Crippen LogP contribution in [0, 0.1) is 0 Å². The summed E-state index contributed by atoms with van der Waals surface area (Å²) in [6, 6.07) is 111. The average molecular weight is 1240 g/mol. The highest BCUT2D eigenvalue weighted by Crippen LogP contribution is 2.46. The molecule has 16 aromatic rings. The molecular formula is C88H66N8. The predicted molar refractivity (Wildman–Crippen MR) is 405 cm³/mol. The molecule has 0 amide bonds. The second kappa shape index (κ2) is 26.4. The Balaban J connectivity index is 0.00000248. The summed E-state index contributed by atoms with van der Waals surface area (Å²) in [4.78, 5) is 27.8. The highest BCUT2D eigenvalue weighted by molar-refractivity contribution is 6.03. The van der Waals surface area contributed by atoms with Crippen molar-refractivity contribution in [2.24, 2.45) is 0 Å². The SMILES string of the molecule is C=C(C)N(c1ccc(-c2cccc3nccnc23)cc1)c1ccc(N(c2ccc(-c3ccc(N(c4ccc(N(c5ccc(-c6cccc7nccnc67)cc5)c5cccc6ccccc56)cc4)c4cccc5ccccc45)cc3)cc2)c2cccc3ccccc23)cc1.C=CC. The lowest BCUT2D eigenvalue weighted by atomic mass is 10.0. The van der Waals surface area contributed by atoms with Crippen molar-refractivity contribution in [1.29, 1.82) is 0 Å². The summed E-state index contributed by atoms with van der Waals surface area (Å²) in [5.41, 5.74) is 22.4. The molecule has 0 N–H and O–H groups in total. The van der Waals surface area contributed by atoms with E-state index in [-0.39, 0.29) is 0 Å². The van der Waals surface area contributed by atoms with Crippen LogP contribution in [-0.4, -0.2) is 19.9 Å². The quantitative estimate of drug-likeness (QED) is 0.0941. The number of hydrogen-bond acceptors (Lipinski definition) is 8. The number of hydrogen-bond donors (Lipinski definition) is 0. The van der Waals surface area contributed by atoms with Gasteiger partial charge in [-0.15, -0.1) is 6.58 Å². The molecule has 8 heteroatoms. The Hall–Kier alpha value is -12.8. The summed E-state index contributed by atoms with van der Waals surface area (Å²) in [7, 11) is 0. The molecule has 458 valence electrons. The molecule has 0 aliphatic heterocycles. The molecule has 16 rings (SSSR count). The van der Waals surface area contributed by atoms with Gasteiger partial charge < -0.3 is 19.6 Å². The summed E-state index contributed by atoms with van der Waals surface area (Å²) in [5.74, 6) is 0. The first-order valence-electron chi connectivity index (χ1n) is 32.2. The van der Waals surface area contributed by atoms with Crippen molar-refractivity contribution in [3.63, 3.8) is 0 Å². The Morgan fingerprint density at radius 2 is 0.552 bits per heavy atom. The van der Waals surface area contributed by atoms with E-state index in [0.29, 0.717) is 0 Å². The lowest BCUT2D eigenvalue weighted by molar-refractivity contribution is 1.16. The molecule has 0 bridgehead atoms. The second-order valence-corrected chi connectivity index (χ2v) is 23.7. The van der Waals surface area contributed by atoms with Crippen molar-refractivity contribution in [2.75, 3.05) is 19.6 Å². The first-order chi connectivity index (χ1) is 47.4. The number of fused-ring (bicyclic) bond motifs is 5. The zero-order chi connectivity index (χ0) is 64.9. The minimum absolute atomic E-state index is 0.872. The van der Waals surface area contributed by atoms with Gasteiger partial charge in [0.15, 0.2) is 0 Å². The van der Waals surface area contributed by atoms with Crippen LogP contribution in [0.3, 0.4) is 0 Å². The molecule has 0 fully saturated rings. The van der Waals surface area contributed by atoms with Crippen molar-refractivity contribution in [1.82, 2.24) is 19.9 Å². The second-order valence-electron chi connectivity index (χ2n) is 23.7. The van der Waals surface area contributed by atoms with Crippen LogP contribution in [0.5, 0.6) is 0 Å². The maximum atomic E-state index is 4.72.